The first-order valence-electron chi connectivity index (χ1n) is 12.9. The summed E-state index contributed by atoms with van der Waals surface area (Å²) in [5, 5.41) is 0. The van der Waals surface area contributed by atoms with Gasteiger partial charge in [0.2, 0.25) is 11.8 Å². The molecule has 194 valence electrons. The molecule has 1 fully saturated rings. The van der Waals surface area contributed by atoms with E-state index in [1.54, 1.807) is 4.90 Å². The number of amides is 2. The minimum atomic E-state index is -0.447. The van der Waals surface area contributed by atoms with Gasteiger partial charge in [0.05, 0.1) is 0 Å². The van der Waals surface area contributed by atoms with Crippen molar-refractivity contribution >= 4 is 23.0 Å². The van der Waals surface area contributed by atoms with Gasteiger partial charge in [0.25, 0.3) is 5.56 Å². The quantitative estimate of drug-likeness (QED) is 0.550. The maximum atomic E-state index is 13.0. The molecule has 0 radical (unpaired) electrons. The first-order chi connectivity index (χ1) is 16.6. The molecule has 2 aromatic rings. The highest BCUT2D eigenvalue weighted by Gasteiger charge is 2.25. The van der Waals surface area contributed by atoms with E-state index in [1.165, 1.54) is 4.57 Å². The molecular weight excluding hydrogens is 448 g/mol. The summed E-state index contributed by atoms with van der Waals surface area (Å²) in [6.45, 7) is 13.5. The van der Waals surface area contributed by atoms with Crippen LogP contribution in [0.3, 0.4) is 0 Å². The highest BCUT2D eigenvalue weighted by molar-refractivity contribution is 5.79. The number of aromatic nitrogens is 4. The average molecular weight is 489 g/mol. The van der Waals surface area contributed by atoms with E-state index < -0.39 is 11.2 Å². The van der Waals surface area contributed by atoms with Crippen molar-refractivity contribution in [1.82, 2.24) is 28.9 Å². The van der Waals surface area contributed by atoms with Crippen LogP contribution in [-0.4, -0.2) is 66.9 Å². The number of rotatable bonds is 10. The number of hydrogen-bond donors (Lipinski definition) is 1. The van der Waals surface area contributed by atoms with E-state index in [4.69, 9.17) is 4.98 Å². The Morgan fingerprint density at radius 3 is 2.14 bits per heavy atom. The molecule has 35 heavy (non-hydrogen) atoms. The van der Waals surface area contributed by atoms with Crippen molar-refractivity contribution in [2.45, 2.75) is 79.8 Å². The number of piperazine rings is 1. The number of carbonyl (C=O) groups excluding carboxylic acids is 2. The molecule has 10 nitrogen and oxygen atoms in total. The summed E-state index contributed by atoms with van der Waals surface area (Å²) in [6, 6.07) is 0. The largest absolute Gasteiger partial charge is 0.339 e. The van der Waals surface area contributed by atoms with Crippen LogP contribution >= 0.6 is 0 Å². The Hall–Kier alpha value is -2.91. The predicted octanol–water partition coefficient (Wildman–Crippen LogP) is 1.99. The van der Waals surface area contributed by atoms with Crippen LogP contribution in [0.5, 0.6) is 0 Å². The van der Waals surface area contributed by atoms with Crippen LogP contribution in [0.15, 0.2) is 9.59 Å². The Labute approximate surface area is 206 Å². The van der Waals surface area contributed by atoms with Crippen LogP contribution < -0.4 is 11.2 Å². The summed E-state index contributed by atoms with van der Waals surface area (Å²) in [7, 11) is 0. The molecule has 0 spiro atoms. The van der Waals surface area contributed by atoms with Crippen LogP contribution in [0.25, 0.3) is 11.2 Å². The number of imidazole rings is 1. The van der Waals surface area contributed by atoms with E-state index in [0.717, 1.165) is 12.8 Å². The lowest BCUT2D eigenvalue weighted by Gasteiger charge is -2.35. The fourth-order valence-corrected chi connectivity index (χ4v) is 4.55. The summed E-state index contributed by atoms with van der Waals surface area (Å²) in [5.74, 6) is 1.39. The Bertz CT molecular complexity index is 1150. The lowest BCUT2D eigenvalue weighted by atomic mass is 10.1. The average Bonchev–Trinajstić information content (AvgIpc) is 3.14. The zero-order valence-corrected chi connectivity index (χ0v) is 21.8. The van der Waals surface area contributed by atoms with Gasteiger partial charge < -0.3 is 14.4 Å². The zero-order valence-electron chi connectivity index (χ0n) is 21.8. The summed E-state index contributed by atoms with van der Waals surface area (Å²) in [4.78, 5) is 61.3. The van der Waals surface area contributed by atoms with Gasteiger partial charge in [-0.15, -0.1) is 0 Å². The number of hydrogen-bond acceptors (Lipinski definition) is 5. The van der Waals surface area contributed by atoms with Crippen LogP contribution in [-0.2, 0) is 29.1 Å². The van der Waals surface area contributed by atoms with Crippen LogP contribution in [0, 0.1) is 11.8 Å². The Morgan fingerprint density at radius 1 is 0.943 bits per heavy atom. The van der Waals surface area contributed by atoms with Gasteiger partial charge in [-0.1, -0.05) is 41.0 Å². The second-order valence-electron chi connectivity index (χ2n) is 10.3. The van der Waals surface area contributed by atoms with Crippen LogP contribution in [0.1, 0.15) is 66.1 Å². The van der Waals surface area contributed by atoms with Crippen molar-refractivity contribution in [3.63, 3.8) is 0 Å². The van der Waals surface area contributed by atoms with Crippen molar-refractivity contribution in [2.24, 2.45) is 11.8 Å². The molecule has 0 atom stereocenters. The maximum Gasteiger partial charge on any atom is 0.330 e. The molecule has 0 saturated carbocycles. The van der Waals surface area contributed by atoms with Gasteiger partial charge in [0.15, 0.2) is 11.2 Å². The third-order valence-electron chi connectivity index (χ3n) is 6.38. The Morgan fingerprint density at radius 2 is 1.57 bits per heavy atom. The number of carbonyl (C=O) groups is 2. The normalized spacial score (nSPS) is 14.5. The minimum Gasteiger partial charge on any atom is -0.339 e. The van der Waals surface area contributed by atoms with E-state index in [-0.39, 0.29) is 24.2 Å². The van der Waals surface area contributed by atoms with Gasteiger partial charge in [0, 0.05) is 58.5 Å². The molecule has 0 unspecified atom stereocenters. The summed E-state index contributed by atoms with van der Waals surface area (Å²) in [6.07, 6.45) is 2.89. The van der Waals surface area contributed by atoms with E-state index in [1.807, 2.05) is 30.2 Å². The monoisotopic (exact) mass is 488 g/mol. The molecule has 0 bridgehead atoms. The van der Waals surface area contributed by atoms with E-state index in [2.05, 4.69) is 18.8 Å². The molecule has 0 aliphatic carbocycles. The van der Waals surface area contributed by atoms with Gasteiger partial charge in [-0.3, -0.25) is 23.9 Å². The first kappa shape index (κ1) is 26.7. The van der Waals surface area contributed by atoms with Crippen LogP contribution in [0.2, 0.25) is 0 Å². The van der Waals surface area contributed by atoms with Gasteiger partial charge in [-0.25, -0.2) is 9.78 Å². The van der Waals surface area contributed by atoms with Gasteiger partial charge in [0.1, 0.15) is 5.82 Å². The minimum absolute atomic E-state index is 0.0152. The summed E-state index contributed by atoms with van der Waals surface area (Å²) >= 11 is 0. The second-order valence-corrected chi connectivity index (χ2v) is 10.3. The number of aryl methyl sites for hydroxylation is 2. The fourth-order valence-electron chi connectivity index (χ4n) is 4.55. The van der Waals surface area contributed by atoms with Gasteiger partial charge >= 0.3 is 5.69 Å². The number of nitrogens with zero attached hydrogens (tertiary/aromatic N) is 5. The molecule has 1 saturated heterocycles. The molecule has 10 heteroatoms. The van der Waals surface area contributed by atoms with Gasteiger partial charge in [-0.2, -0.15) is 0 Å². The van der Waals surface area contributed by atoms with E-state index in [0.29, 0.717) is 75.0 Å². The van der Waals surface area contributed by atoms with Crippen LogP contribution in [0.4, 0.5) is 0 Å². The van der Waals surface area contributed by atoms with Crippen molar-refractivity contribution in [1.29, 1.82) is 0 Å². The molecular formula is C25H40N6O4. The SMILES string of the molecule is CCCCn1c(=O)[nH]c(=O)c2c1nc(CCC(=O)N1CCN(C(=O)CC(C)C)CC1)n2CC(C)C. The highest BCUT2D eigenvalue weighted by atomic mass is 16.2. The van der Waals surface area contributed by atoms with Crippen molar-refractivity contribution < 1.29 is 9.59 Å². The lowest BCUT2D eigenvalue weighted by Crippen LogP contribution is -2.50. The third-order valence-corrected chi connectivity index (χ3v) is 6.38. The summed E-state index contributed by atoms with van der Waals surface area (Å²) in [5.41, 5.74) is -0.0926. The fraction of sp³-hybridized carbons (Fsp3) is 0.720. The number of nitrogens with one attached hydrogen (secondary N) is 1. The molecule has 1 aliphatic rings. The topological polar surface area (TPSA) is 113 Å². The Kier molecular flexibility index (Phi) is 8.91. The molecule has 2 aromatic heterocycles. The van der Waals surface area contributed by atoms with E-state index in [9.17, 15) is 19.2 Å². The number of H-pyrrole nitrogens is 1. The van der Waals surface area contributed by atoms with E-state index >= 15 is 0 Å². The molecule has 0 aromatic carbocycles. The summed E-state index contributed by atoms with van der Waals surface area (Å²) < 4.78 is 3.41. The molecule has 1 aliphatic heterocycles. The van der Waals surface area contributed by atoms with Gasteiger partial charge in [-0.05, 0) is 18.3 Å². The lowest BCUT2D eigenvalue weighted by molar-refractivity contribution is -0.140. The predicted molar refractivity (Wildman–Crippen MR) is 135 cm³/mol. The maximum absolute atomic E-state index is 13.0. The number of fused-ring (bicyclic) bond motifs is 1. The third kappa shape index (κ3) is 6.41. The standard InChI is InChI=1S/C25H40N6O4/c1-6-7-10-30-23-22(24(34)27-25(30)35)31(16-18(4)5)19(26-23)8-9-20(32)28-11-13-29(14-12-28)21(33)15-17(2)3/h17-18H,6-16H2,1-5H3,(H,27,34,35). The number of aromatic amines is 1. The molecule has 3 heterocycles. The smallest absolute Gasteiger partial charge is 0.330 e. The molecule has 3 rings (SSSR count). The Balaban J connectivity index is 1.77. The second kappa shape index (κ2) is 11.7. The van der Waals surface area contributed by atoms with Crippen molar-refractivity contribution in [2.75, 3.05) is 26.2 Å². The zero-order chi connectivity index (χ0) is 25.7. The number of unbranched alkanes of at least 4 members (excludes halogenated alkanes) is 1. The highest BCUT2D eigenvalue weighted by Crippen LogP contribution is 2.17. The molecule has 2 amide bonds. The van der Waals surface area contributed by atoms with Crippen molar-refractivity contribution in [3.05, 3.63) is 26.7 Å². The molecule has 1 N–H and O–H groups in total. The van der Waals surface area contributed by atoms with Crippen molar-refractivity contribution in [3.8, 4) is 0 Å². The first-order valence-corrected chi connectivity index (χ1v) is 12.9.